The number of aromatic nitrogens is 2. The smallest absolute Gasteiger partial charge is 0.310 e. The van der Waals surface area contributed by atoms with Gasteiger partial charge in [-0.3, -0.25) is 19.1 Å². The maximum absolute atomic E-state index is 12.9. The Morgan fingerprint density at radius 2 is 1.90 bits per heavy atom. The topological polar surface area (TPSA) is 82.3 Å². The van der Waals surface area contributed by atoms with Crippen molar-refractivity contribution in [2.45, 2.75) is 32.8 Å². The number of fused-ring (bicyclic) bond motifs is 2. The summed E-state index contributed by atoms with van der Waals surface area (Å²) in [5.41, 5.74) is 1.17. The van der Waals surface area contributed by atoms with Crippen molar-refractivity contribution in [1.29, 1.82) is 0 Å². The molecular formula is C22H25N3O4. The molecule has 1 fully saturated rings. The van der Waals surface area contributed by atoms with Gasteiger partial charge in [-0.1, -0.05) is 30.4 Å². The molecule has 1 aromatic heterocycles. The Labute approximate surface area is 168 Å². The maximum atomic E-state index is 12.9. The highest BCUT2D eigenvalue weighted by atomic mass is 16.5. The molecule has 0 spiro atoms. The molecule has 1 aromatic carbocycles. The Morgan fingerprint density at radius 1 is 1.17 bits per heavy atom. The van der Waals surface area contributed by atoms with Gasteiger partial charge in [0, 0.05) is 7.05 Å². The Bertz CT molecular complexity index is 1030. The van der Waals surface area contributed by atoms with Crippen LogP contribution in [-0.4, -0.2) is 27.3 Å². The van der Waals surface area contributed by atoms with Gasteiger partial charge in [-0.05, 0) is 50.7 Å². The van der Waals surface area contributed by atoms with Gasteiger partial charge in [0.15, 0.2) is 6.10 Å². The van der Waals surface area contributed by atoms with E-state index in [1.54, 1.807) is 18.7 Å². The van der Waals surface area contributed by atoms with E-state index in [-0.39, 0.29) is 29.1 Å². The van der Waals surface area contributed by atoms with Gasteiger partial charge in [0.25, 0.3) is 11.5 Å². The van der Waals surface area contributed by atoms with E-state index in [9.17, 15) is 14.4 Å². The third-order valence-electron chi connectivity index (χ3n) is 6.05. The fourth-order valence-electron chi connectivity index (χ4n) is 4.30. The summed E-state index contributed by atoms with van der Waals surface area (Å²) in [6.45, 7) is 3.29. The largest absolute Gasteiger partial charge is 0.452 e. The lowest BCUT2D eigenvalue weighted by molar-refractivity contribution is -0.158. The fourth-order valence-corrected chi connectivity index (χ4v) is 4.30. The van der Waals surface area contributed by atoms with Crippen molar-refractivity contribution in [2.24, 2.45) is 24.8 Å². The van der Waals surface area contributed by atoms with Gasteiger partial charge in [-0.15, -0.1) is 0 Å². The highest BCUT2D eigenvalue weighted by molar-refractivity contribution is 5.95. The van der Waals surface area contributed by atoms with Gasteiger partial charge in [0.1, 0.15) is 5.69 Å². The number of carbonyl (C=O) groups is 2. The van der Waals surface area contributed by atoms with Crippen molar-refractivity contribution in [3.05, 3.63) is 58.5 Å². The Balaban J connectivity index is 1.48. The number of carbonyl (C=O) groups excluding carboxylic acids is 2. The molecular weight excluding hydrogens is 370 g/mol. The van der Waals surface area contributed by atoms with Gasteiger partial charge in [-0.2, -0.15) is 0 Å². The number of amides is 1. The van der Waals surface area contributed by atoms with Crippen LogP contribution in [0, 0.1) is 24.7 Å². The van der Waals surface area contributed by atoms with Crippen LogP contribution in [0.1, 0.15) is 25.5 Å². The monoisotopic (exact) mass is 395 g/mol. The Hall–Kier alpha value is -3.09. The highest BCUT2D eigenvalue weighted by Gasteiger charge is 2.41. The molecule has 29 heavy (non-hydrogen) atoms. The minimum absolute atomic E-state index is 0.172. The minimum atomic E-state index is -0.977. The normalized spacial score (nSPS) is 23.2. The zero-order chi connectivity index (χ0) is 20.7. The number of hydrogen-bond acceptors (Lipinski definition) is 4. The van der Waals surface area contributed by atoms with Crippen LogP contribution in [0.3, 0.4) is 0 Å². The van der Waals surface area contributed by atoms with E-state index in [1.165, 1.54) is 11.6 Å². The molecule has 2 aromatic rings. The number of ether oxygens (including phenoxy) is 1. The molecule has 0 radical (unpaired) electrons. The molecule has 0 saturated heterocycles. The van der Waals surface area contributed by atoms with Crippen LogP contribution in [0.5, 0.6) is 0 Å². The first-order valence-corrected chi connectivity index (χ1v) is 9.90. The number of esters is 1. The molecule has 0 aliphatic heterocycles. The van der Waals surface area contributed by atoms with Crippen molar-refractivity contribution < 1.29 is 14.3 Å². The molecule has 4 rings (SSSR count). The summed E-state index contributed by atoms with van der Waals surface area (Å²) < 4.78 is 8.60. The van der Waals surface area contributed by atoms with Crippen LogP contribution in [-0.2, 0) is 21.4 Å². The summed E-state index contributed by atoms with van der Waals surface area (Å²) in [4.78, 5) is 38.0. The molecule has 2 bridgehead atoms. The SMILES string of the molecule is Cc1c(NC(=O)C(C)OC(=O)C2CC3C=CC2C3)c(=O)n(-c2ccccc2)n1C. The van der Waals surface area contributed by atoms with E-state index in [4.69, 9.17) is 4.74 Å². The second-order valence-electron chi connectivity index (χ2n) is 7.89. The highest BCUT2D eigenvalue weighted by Crippen LogP contribution is 2.44. The first-order chi connectivity index (χ1) is 13.9. The molecule has 152 valence electrons. The van der Waals surface area contributed by atoms with Gasteiger partial charge < -0.3 is 10.1 Å². The van der Waals surface area contributed by atoms with E-state index in [0.717, 1.165) is 12.8 Å². The number of para-hydroxylation sites is 1. The zero-order valence-electron chi connectivity index (χ0n) is 16.8. The summed E-state index contributed by atoms with van der Waals surface area (Å²) in [5.74, 6) is -0.352. The van der Waals surface area contributed by atoms with Gasteiger partial charge in [0.2, 0.25) is 0 Å². The number of nitrogens with zero attached hydrogens (tertiary/aromatic N) is 2. The number of allylic oxidation sites excluding steroid dienone is 2. The first kappa shape index (κ1) is 19.2. The van der Waals surface area contributed by atoms with Gasteiger partial charge in [-0.25, -0.2) is 4.68 Å². The van der Waals surface area contributed by atoms with Crippen LogP contribution in [0.15, 0.2) is 47.3 Å². The van der Waals surface area contributed by atoms with E-state index < -0.39 is 12.0 Å². The Morgan fingerprint density at radius 3 is 2.52 bits per heavy atom. The van der Waals surface area contributed by atoms with E-state index in [0.29, 0.717) is 17.3 Å². The second kappa shape index (κ2) is 7.39. The quantitative estimate of drug-likeness (QED) is 0.623. The molecule has 1 heterocycles. The number of rotatable bonds is 5. The van der Waals surface area contributed by atoms with Crippen molar-refractivity contribution in [3.8, 4) is 5.69 Å². The molecule has 7 heteroatoms. The molecule has 2 aliphatic carbocycles. The van der Waals surface area contributed by atoms with Crippen LogP contribution in [0.4, 0.5) is 5.69 Å². The molecule has 2 aliphatic rings. The van der Waals surface area contributed by atoms with Crippen LogP contribution in [0.2, 0.25) is 0 Å². The molecule has 4 atom stereocenters. The fraction of sp³-hybridized carbons (Fsp3) is 0.409. The third-order valence-corrected chi connectivity index (χ3v) is 6.05. The second-order valence-corrected chi connectivity index (χ2v) is 7.89. The summed E-state index contributed by atoms with van der Waals surface area (Å²) in [5, 5.41) is 2.65. The predicted octanol–water partition coefficient (Wildman–Crippen LogP) is 2.57. The predicted molar refractivity (Wildman–Crippen MR) is 109 cm³/mol. The lowest BCUT2D eigenvalue weighted by atomic mass is 9.94. The molecule has 1 amide bonds. The van der Waals surface area contributed by atoms with Crippen molar-refractivity contribution in [1.82, 2.24) is 9.36 Å². The number of hydrogen-bond donors (Lipinski definition) is 1. The average molecular weight is 395 g/mol. The minimum Gasteiger partial charge on any atom is -0.452 e. The lowest BCUT2D eigenvalue weighted by Gasteiger charge is -2.19. The van der Waals surface area contributed by atoms with E-state index >= 15 is 0 Å². The van der Waals surface area contributed by atoms with Gasteiger partial charge >= 0.3 is 5.97 Å². The number of anilines is 1. The summed E-state index contributed by atoms with van der Waals surface area (Å²) >= 11 is 0. The molecule has 7 nitrogen and oxygen atoms in total. The lowest BCUT2D eigenvalue weighted by Crippen LogP contribution is -2.34. The van der Waals surface area contributed by atoms with Gasteiger partial charge in [0.05, 0.1) is 17.3 Å². The molecule has 1 saturated carbocycles. The van der Waals surface area contributed by atoms with Crippen LogP contribution >= 0.6 is 0 Å². The standard InChI is InChI=1S/C22H25N3O4/c1-13-19(21(27)25(24(13)3)17-7-5-4-6-8-17)23-20(26)14(2)29-22(28)18-12-15-9-10-16(18)11-15/h4-10,14-16,18H,11-12H2,1-3H3,(H,23,26). The van der Waals surface area contributed by atoms with Crippen molar-refractivity contribution >= 4 is 17.6 Å². The first-order valence-electron chi connectivity index (χ1n) is 9.90. The van der Waals surface area contributed by atoms with E-state index in [1.807, 2.05) is 30.3 Å². The van der Waals surface area contributed by atoms with Crippen LogP contribution < -0.4 is 10.9 Å². The van der Waals surface area contributed by atoms with Crippen molar-refractivity contribution in [3.63, 3.8) is 0 Å². The number of nitrogens with one attached hydrogen (secondary N) is 1. The van der Waals surface area contributed by atoms with Crippen molar-refractivity contribution in [2.75, 3.05) is 5.32 Å². The molecule has 4 unspecified atom stereocenters. The summed E-state index contributed by atoms with van der Waals surface area (Å²) in [7, 11) is 1.76. The average Bonchev–Trinajstić information content (AvgIpc) is 3.40. The Kier molecular flexibility index (Phi) is 4.90. The molecule has 1 N–H and O–H groups in total. The third kappa shape index (κ3) is 3.41. The summed E-state index contributed by atoms with van der Waals surface area (Å²) in [6.07, 6.45) is 5.02. The van der Waals surface area contributed by atoms with E-state index in [2.05, 4.69) is 17.5 Å². The maximum Gasteiger partial charge on any atom is 0.310 e. The van der Waals surface area contributed by atoms with Crippen LogP contribution in [0.25, 0.3) is 5.69 Å². The zero-order valence-corrected chi connectivity index (χ0v) is 16.8. The number of benzene rings is 1. The summed E-state index contributed by atoms with van der Waals surface area (Å²) in [6, 6.07) is 9.19.